The van der Waals surface area contributed by atoms with Gasteiger partial charge in [-0.25, -0.2) is 4.79 Å². The van der Waals surface area contributed by atoms with Gasteiger partial charge in [0.25, 0.3) is 11.6 Å². The van der Waals surface area contributed by atoms with E-state index in [2.05, 4.69) is 10.6 Å². The van der Waals surface area contributed by atoms with Crippen LogP contribution >= 0.6 is 0 Å². The van der Waals surface area contributed by atoms with E-state index in [1.54, 1.807) is 18.2 Å². The SMILES string of the molecule is COCCNc1ccc([N+](=O)[O-])cc1C(=O)O[C@H](C)C(=O)Nc1cccc(C)c1. The normalized spacial score (nSPS) is 11.4. The second kappa shape index (κ2) is 10.2. The van der Waals surface area contributed by atoms with Gasteiger partial charge in [-0.3, -0.25) is 14.9 Å². The molecule has 1 atom stereocenters. The van der Waals surface area contributed by atoms with E-state index >= 15 is 0 Å². The lowest BCUT2D eigenvalue weighted by molar-refractivity contribution is -0.384. The zero-order valence-electron chi connectivity index (χ0n) is 16.4. The van der Waals surface area contributed by atoms with E-state index in [1.807, 2.05) is 13.0 Å². The lowest BCUT2D eigenvalue weighted by atomic mass is 10.1. The number of nitro groups is 1. The van der Waals surface area contributed by atoms with Gasteiger partial charge in [0, 0.05) is 37.2 Å². The summed E-state index contributed by atoms with van der Waals surface area (Å²) < 4.78 is 10.2. The Hall–Kier alpha value is -3.46. The molecule has 0 radical (unpaired) electrons. The molecule has 2 rings (SSSR count). The van der Waals surface area contributed by atoms with Crippen LogP contribution in [0.5, 0.6) is 0 Å². The highest BCUT2D eigenvalue weighted by Gasteiger charge is 2.23. The van der Waals surface area contributed by atoms with E-state index in [-0.39, 0.29) is 11.3 Å². The Morgan fingerprint density at radius 3 is 2.62 bits per heavy atom. The van der Waals surface area contributed by atoms with Crippen molar-refractivity contribution in [2.24, 2.45) is 0 Å². The minimum atomic E-state index is -1.10. The molecule has 0 saturated heterocycles. The number of hydrogen-bond acceptors (Lipinski definition) is 7. The first kappa shape index (κ1) is 21.8. The lowest BCUT2D eigenvalue weighted by Crippen LogP contribution is -2.30. The van der Waals surface area contributed by atoms with E-state index in [0.717, 1.165) is 11.6 Å². The van der Waals surface area contributed by atoms with Crippen LogP contribution < -0.4 is 10.6 Å². The Kier molecular flexibility index (Phi) is 7.67. The smallest absolute Gasteiger partial charge is 0.341 e. The van der Waals surface area contributed by atoms with Crippen LogP contribution in [0.25, 0.3) is 0 Å². The van der Waals surface area contributed by atoms with Crippen LogP contribution in [0.15, 0.2) is 42.5 Å². The number of non-ortho nitro benzene ring substituents is 1. The Balaban J connectivity index is 2.13. The monoisotopic (exact) mass is 401 g/mol. The molecule has 0 aliphatic heterocycles. The van der Waals surface area contributed by atoms with Crippen LogP contribution in [0.2, 0.25) is 0 Å². The number of anilines is 2. The third-order valence-corrected chi connectivity index (χ3v) is 3.99. The summed E-state index contributed by atoms with van der Waals surface area (Å²) in [4.78, 5) is 35.4. The van der Waals surface area contributed by atoms with Crippen LogP contribution in [0.4, 0.5) is 17.1 Å². The Bertz CT molecular complexity index is 900. The Morgan fingerprint density at radius 1 is 1.21 bits per heavy atom. The fourth-order valence-corrected chi connectivity index (χ4v) is 2.50. The number of nitrogens with zero attached hydrogens (tertiary/aromatic N) is 1. The molecule has 2 aromatic rings. The zero-order chi connectivity index (χ0) is 21.4. The molecule has 2 N–H and O–H groups in total. The van der Waals surface area contributed by atoms with Gasteiger partial charge in [0.2, 0.25) is 0 Å². The molecule has 0 bridgehead atoms. The number of methoxy groups -OCH3 is 1. The summed E-state index contributed by atoms with van der Waals surface area (Å²) in [5.74, 6) is -1.36. The molecule has 0 aliphatic carbocycles. The highest BCUT2D eigenvalue weighted by Crippen LogP contribution is 2.23. The summed E-state index contributed by atoms with van der Waals surface area (Å²) in [5, 5.41) is 16.7. The van der Waals surface area contributed by atoms with Crippen molar-refractivity contribution < 1.29 is 24.0 Å². The molecule has 2 aromatic carbocycles. The Labute approximate surface area is 168 Å². The van der Waals surface area contributed by atoms with Crippen LogP contribution in [0.1, 0.15) is 22.8 Å². The molecule has 9 nitrogen and oxygen atoms in total. The number of nitro benzene ring substituents is 1. The molecule has 29 heavy (non-hydrogen) atoms. The number of hydrogen-bond donors (Lipinski definition) is 2. The van der Waals surface area contributed by atoms with Crippen LogP contribution in [0, 0.1) is 17.0 Å². The van der Waals surface area contributed by atoms with Crippen molar-refractivity contribution >= 4 is 28.9 Å². The van der Waals surface area contributed by atoms with Crippen molar-refractivity contribution in [2.75, 3.05) is 30.9 Å². The van der Waals surface area contributed by atoms with Crippen molar-refractivity contribution in [3.63, 3.8) is 0 Å². The molecule has 0 aromatic heterocycles. The Morgan fingerprint density at radius 2 is 1.97 bits per heavy atom. The van der Waals surface area contributed by atoms with Gasteiger partial charge in [0.1, 0.15) is 0 Å². The minimum absolute atomic E-state index is 0.0366. The van der Waals surface area contributed by atoms with Gasteiger partial charge in [-0.05, 0) is 37.6 Å². The summed E-state index contributed by atoms with van der Waals surface area (Å²) in [6, 6.07) is 11.0. The highest BCUT2D eigenvalue weighted by atomic mass is 16.6. The largest absolute Gasteiger partial charge is 0.449 e. The van der Waals surface area contributed by atoms with Gasteiger partial charge in [-0.15, -0.1) is 0 Å². The molecule has 0 fully saturated rings. The van der Waals surface area contributed by atoms with E-state index in [9.17, 15) is 19.7 Å². The fraction of sp³-hybridized carbons (Fsp3) is 0.300. The first-order chi connectivity index (χ1) is 13.8. The maximum atomic E-state index is 12.6. The summed E-state index contributed by atoms with van der Waals surface area (Å²) in [5.41, 5.74) is 1.60. The first-order valence-corrected chi connectivity index (χ1v) is 8.91. The fourth-order valence-electron chi connectivity index (χ4n) is 2.50. The standard InChI is InChI=1S/C20H23N3O6/c1-13-5-4-6-15(11-13)22-19(24)14(2)29-20(25)17-12-16(23(26)27)7-8-18(17)21-9-10-28-3/h4-8,11-12,14,21H,9-10H2,1-3H3,(H,22,24)/t14-/m1/s1. The topological polar surface area (TPSA) is 120 Å². The molecule has 0 saturated carbocycles. The molecular formula is C20H23N3O6. The number of ether oxygens (including phenoxy) is 2. The second-order valence-electron chi connectivity index (χ2n) is 6.31. The number of carbonyl (C=O) groups is 2. The van der Waals surface area contributed by atoms with Gasteiger partial charge in [-0.2, -0.15) is 0 Å². The van der Waals surface area contributed by atoms with Gasteiger partial charge >= 0.3 is 5.97 Å². The van der Waals surface area contributed by atoms with Gasteiger partial charge in [0.05, 0.1) is 17.1 Å². The van der Waals surface area contributed by atoms with Crippen molar-refractivity contribution in [1.82, 2.24) is 0 Å². The minimum Gasteiger partial charge on any atom is -0.449 e. The number of carbonyl (C=O) groups excluding carboxylic acids is 2. The number of rotatable bonds is 9. The zero-order valence-corrected chi connectivity index (χ0v) is 16.4. The molecular weight excluding hydrogens is 378 g/mol. The molecule has 9 heteroatoms. The summed E-state index contributed by atoms with van der Waals surface area (Å²) in [6.07, 6.45) is -1.10. The maximum absolute atomic E-state index is 12.6. The van der Waals surface area contributed by atoms with E-state index < -0.39 is 22.9 Å². The number of aryl methyl sites for hydroxylation is 1. The molecule has 154 valence electrons. The van der Waals surface area contributed by atoms with Gasteiger partial charge in [0.15, 0.2) is 6.10 Å². The molecule has 0 aliphatic rings. The number of amides is 1. The number of benzene rings is 2. The summed E-state index contributed by atoms with van der Waals surface area (Å²) in [6.45, 7) is 4.08. The van der Waals surface area contributed by atoms with Gasteiger partial charge in [-0.1, -0.05) is 12.1 Å². The molecule has 0 heterocycles. The van der Waals surface area contributed by atoms with Crippen molar-refractivity contribution in [3.8, 4) is 0 Å². The van der Waals surface area contributed by atoms with E-state index in [4.69, 9.17) is 9.47 Å². The van der Waals surface area contributed by atoms with Crippen LogP contribution in [-0.4, -0.2) is 43.2 Å². The summed E-state index contributed by atoms with van der Waals surface area (Å²) >= 11 is 0. The van der Waals surface area contributed by atoms with E-state index in [1.165, 1.54) is 26.2 Å². The van der Waals surface area contributed by atoms with Crippen molar-refractivity contribution in [3.05, 3.63) is 63.7 Å². The third-order valence-electron chi connectivity index (χ3n) is 3.99. The van der Waals surface area contributed by atoms with Crippen molar-refractivity contribution in [2.45, 2.75) is 20.0 Å². The third kappa shape index (κ3) is 6.28. The van der Waals surface area contributed by atoms with E-state index in [0.29, 0.717) is 24.5 Å². The number of esters is 1. The molecule has 0 unspecified atom stereocenters. The predicted octanol–water partition coefficient (Wildman–Crippen LogP) is 3.15. The number of nitrogens with one attached hydrogen (secondary N) is 2. The summed E-state index contributed by atoms with van der Waals surface area (Å²) in [7, 11) is 1.53. The maximum Gasteiger partial charge on any atom is 0.341 e. The molecule has 0 spiro atoms. The average Bonchev–Trinajstić information content (AvgIpc) is 2.68. The second-order valence-corrected chi connectivity index (χ2v) is 6.31. The highest BCUT2D eigenvalue weighted by molar-refractivity contribution is 6.00. The average molecular weight is 401 g/mol. The van der Waals surface area contributed by atoms with Crippen molar-refractivity contribution in [1.29, 1.82) is 0 Å². The van der Waals surface area contributed by atoms with Gasteiger partial charge < -0.3 is 20.1 Å². The molecule has 1 amide bonds. The predicted molar refractivity (Wildman–Crippen MR) is 108 cm³/mol. The first-order valence-electron chi connectivity index (χ1n) is 8.91. The van der Waals surface area contributed by atoms with Crippen LogP contribution in [0.3, 0.4) is 0 Å². The van der Waals surface area contributed by atoms with Crippen LogP contribution in [-0.2, 0) is 14.3 Å². The lowest BCUT2D eigenvalue weighted by Gasteiger charge is -2.16. The quantitative estimate of drug-likeness (QED) is 0.287.